The molecule has 1 aromatic carbocycles. The molecule has 0 aliphatic rings. The van der Waals surface area contributed by atoms with Crippen LogP contribution < -0.4 is 10.9 Å². The Morgan fingerprint density at radius 2 is 2.19 bits per heavy atom. The van der Waals surface area contributed by atoms with Crippen LogP contribution in [-0.4, -0.2) is 11.0 Å². The molecule has 2 aromatic rings. The maximum Gasteiger partial charge on any atom is 0.360 e. The number of carbonyl (C=O) groups is 1. The van der Waals surface area contributed by atoms with Gasteiger partial charge in [-0.2, -0.15) is 0 Å². The van der Waals surface area contributed by atoms with E-state index in [0.29, 0.717) is 5.39 Å². The van der Waals surface area contributed by atoms with Gasteiger partial charge in [0.25, 0.3) is 0 Å². The van der Waals surface area contributed by atoms with Crippen molar-refractivity contribution in [2.24, 2.45) is 0 Å². The highest BCUT2D eigenvalue weighted by Crippen LogP contribution is 2.24. The average Bonchev–Trinajstić information content (AvgIpc) is 2.20. The number of nitrogens with one attached hydrogen (secondary N) is 1. The predicted octanol–water partition coefficient (Wildman–Crippen LogP) is 1.46. The van der Waals surface area contributed by atoms with Gasteiger partial charge in [0.05, 0.1) is 0 Å². The van der Waals surface area contributed by atoms with Gasteiger partial charge in [-0.25, -0.2) is 4.79 Å². The van der Waals surface area contributed by atoms with Crippen LogP contribution in [0, 0.1) is 0 Å². The fourth-order valence-electron chi connectivity index (χ4n) is 1.41. The lowest BCUT2D eigenvalue weighted by Crippen LogP contribution is -2.14. The summed E-state index contributed by atoms with van der Waals surface area (Å²) in [7, 11) is 0. The van der Waals surface area contributed by atoms with Gasteiger partial charge in [0, 0.05) is 12.3 Å². The van der Waals surface area contributed by atoms with Gasteiger partial charge in [-0.15, -0.1) is 0 Å². The first kappa shape index (κ1) is 10.2. The first-order valence-corrected chi connectivity index (χ1v) is 4.61. The lowest BCUT2D eigenvalue weighted by atomic mass is 10.2. The van der Waals surface area contributed by atoms with Crippen molar-refractivity contribution < 1.29 is 14.3 Å². The third-order valence-corrected chi connectivity index (χ3v) is 2.05. The van der Waals surface area contributed by atoms with Crippen LogP contribution in [0.1, 0.15) is 6.92 Å². The summed E-state index contributed by atoms with van der Waals surface area (Å²) in [5.74, 6) is -0.462. The topological polar surface area (TPSA) is 79.5 Å². The van der Waals surface area contributed by atoms with Gasteiger partial charge < -0.3 is 14.8 Å². The summed E-state index contributed by atoms with van der Waals surface area (Å²) in [4.78, 5) is 22.3. The molecule has 5 heteroatoms. The summed E-state index contributed by atoms with van der Waals surface area (Å²) < 4.78 is 4.90. The standard InChI is InChI=1S/C11H9NO4/c1-6(13)12-8-5-7-3-2-4-9(14)10(7)16-11(8)15/h2-5,14H,1H3,(H,12,13). The molecular formula is C11H9NO4. The number of hydrogen-bond acceptors (Lipinski definition) is 4. The van der Waals surface area contributed by atoms with Crippen LogP contribution in [0.5, 0.6) is 5.75 Å². The number of carbonyl (C=O) groups excluding carboxylic acids is 1. The Morgan fingerprint density at radius 1 is 1.44 bits per heavy atom. The summed E-state index contributed by atoms with van der Waals surface area (Å²) >= 11 is 0. The molecule has 0 aliphatic carbocycles. The van der Waals surface area contributed by atoms with Crippen molar-refractivity contribution >= 4 is 22.6 Å². The summed E-state index contributed by atoms with van der Waals surface area (Å²) in [6.45, 7) is 1.30. The predicted molar refractivity (Wildman–Crippen MR) is 58.5 cm³/mol. The first-order valence-electron chi connectivity index (χ1n) is 4.61. The number of para-hydroxylation sites is 1. The second kappa shape index (κ2) is 3.69. The van der Waals surface area contributed by atoms with Gasteiger partial charge in [0.2, 0.25) is 5.91 Å². The highest BCUT2D eigenvalue weighted by Gasteiger charge is 2.08. The van der Waals surface area contributed by atoms with Crippen LogP contribution >= 0.6 is 0 Å². The minimum absolute atomic E-state index is 0.0607. The fourth-order valence-corrected chi connectivity index (χ4v) is 1.41. The quantitative estimate of drug-likeness (QED) is 0.711. The van der Waals surface area contributed by atoms with Crippen molar-refractivity contribution in [3.8, 4) is 5.75 Å². The molecule has 0 atom stereocenters. The Hall–Kier alpha value is -2.30. The van der Waals surface area contributed by atoms with Crippen molar-refractivity contribution in [1.82, 2.24) is 0 Å². The molecular weight excluding hydrogens is 210 g/mol. The zero-order chi connectivity index (χ0) is 11.7. The van der Waals surface area contributed by atoms with Gasteiger partial charge in [-0.3, -0.25) is 4.79 Å². The van der Waals surface area contributed by atoms with Crippen LogP contribution in [0.4, 0.5) is 5.69 Å². The molecule has 0 radical (unpaired) electrons. The van der Waals surface area contributed by atoms with Crippen LogP contribution in [-0.2, 0) is 4.79 Å². The van der Waals surface area contributed by atoms with Crippen LogP contribution in [0.3, 0.4) is 0 Å². The van der Waals surface area contributed by atoms with Crippen LogP contribution in [0.2, 0.25) is 0 Å². The minimum atomic E-state index is -0.691. The lowest BCUT2D eigenvalue weighted by molar-refractivity contribution is -0.114. The number of rotatable bonds is 1. The molecule has 5 nitrogen and oxygen atoms in total. The Morgan fingerprint density at radius 3 is 2.88 bits per heavy atom. The van der Waals surface area contributed by atoms with E-state index in [4.69, 9.17) is 4.42 Å². The fraction of sp³-hybridized carbons (Fsp3) is 0.0909. The third-order valence-electron chi connectivity index (χ3n) is 2.05. The molecule has 1 heterocycles. The summed E-state index contributed by atoms with van der Waals surface area (Å²) in [5, 5.41) is 12.4. The third kappa shape index (κ3) is 1.75. The molecule has 0 saturated heterocycles. The molecule has 1 aromatic heterocycles. The van der Waals surface area contributed by atoms with E-state index < -0.39 is 5.63 Å². The summed E-state index contributed by atoms with van der Waals surface area (Å²) in [6.07, 6.45) is 0. The molecule has 1 amide bonds. The zero-order valence-corrected chi connectivity index (χ0v) is 8.48. The van der Waals surface area contributed by atoms with Crippen molar-refractivity contribution in [3.05, 3.63) is 34.7 Å². The lowest BCUT2D eigenvalue weighted by Gasteiger charge is -2.03. The molecule has 0 bridgehead atoms. The normalized spacial score (nSPS) is 10.3. The Kier molecular flexibility index (Phi) is 2.36. The van der Waals surface area contributed by atoms with E-state index in [2.05, 4.69) is 5.32 Å². The Labute approximate surface area is 90.3 Å². The Bertz CT molecular complexity index is 615. The molecule has 0 spiro atoms. The largest absolute Gasteiger partial charge is 0.504 e. The molecule has 0 saturated carbocycles. The smallest absolute Gasteiger partial charge is 0.360 e. The number of anilines is 1. The first-order chi connectivity index (χ1) is 7.58. The highest BCUT2D eigenvalue weighted by molar-refractivity contribution is 5.91. The van der Waals surface area contributed by atoms with Gasteiger partial charge in [-0.05, 0) is 12.1 Å². The number of hydrogen-bond donors (Lipinski definition) is 2. The number of fused-ring (bicyclic) bond motifs is 1. The van der Waals surface area contributed by atoms with Crippen molar-refractivity contribution in [3.63, 3.8) is 0 Å². The maximum atomic E-state index is 11.4. The molecule has 0 aliphatic heterocycles. The molecule has 16 heavy (non-hydrogen) atoms. The molecule has 82 valence electrons. The van der Waals surface area contributed by atoms with Gasteiger partial charge in [0.1, 0.15) is 5.69 Å². The number of amides is 1. The number of phenols is 1. The molecule has 0 unspecified atom stereocenters. The van der Waals surface area contributed by atoms with E-state index in [1.807, 2.05) is 0 Å². The number of aromatic hydroxyl groups is 1. The van der Waals surface area contributed by atoms with E-state index in [1.54, 1.807) is 12.1 Å². The maximum absolute atomic E-state index is 11.4. The van der Waals surface area contributed by atoms with E-state index in [-0.39, 0.29) is 22.9 Å². The van der Waals surface area contributed by atoms with Crippen molar-refractivity contribution in [2.45, 2.75) is 6.92 Å². The average molecular weight is 219 g/mol. The van der Waals surface area contributed by atoms with E-state index in [0.717, 1.165) is 0 Å². The molecule has 2 N–H and O–H groups in total. The summed E-state index contributed by atoms with van der Waals surface area (Å²) in [5.41, 5.74) is -0.517. The summed E-state index contributed by atoms with van der Waals surface area (Å²) in [6, 6.07) is 6.17. The number of benzene rings is 1. The van der Waals surface area contributed by atoms with E-state index >= 15 is 0 Å². The SMILES string of the molecule is CC(=O)Nc1cc2cccc(O)c2oc1=O. The van der Waals surface area contributed by atoms with Crippen molar-refractivity contribution in [1.29, 1.82) is 0 Å². The van der Waals surface area contributed by atoms with Crippen LogP contribution in [0.15, 0.2) is 33.5 Å². The molecule has 2 rings (SSSR count). The molecule has 0 fully saturated rings. The second-order valence-electron chi connectivity index (χ2n) is 3.32. The highest BCUT2D eigenvalue weighted by atomic mass is 16.4. The van der Waals surface area contributed by atoms with Crippen molar-refractivity contribution in [2.75, 3.05) is 5.32 Å². The second-order valence-corrected chi connectivity index (χ2v) is 3.32. The number of phenolic OH excluding ortho intramolecular Hbond substituents is 1. The Balaban J connectivity index is 2.68. The van der Waals surface area contributed by atoms with E-state index in [1.165, 1.54) is 19.1 Å². The van der Waals surface area contributed by atoms with Gasteiger partial charge in [-0.1, -0.05) is 12.1 Å². The zero-order valence-electron chi connectivity index (χ0n) is 8.48. The minimum Gasteiger partial charge on any atom is -0.504 e. The van der Waals surface area contributed by atoms with Crippen LogP contribution in [0.25, 0.3) is 11.0 Å². The monoisotopic (exact) mass is 219 g/mol. The van der Waals surface area contributed by atoms with Gasteiger partial charge >= 0.3 is 5.63 Å². The van der Waals surface area contributed by atoms with Gasteiger partial charge in [0.15, 0.2) is 11.3 Å². The van der Waals surface area contributed by atoms with E-state index in [9.17, 15) is 14.7 Å².